The molecule has 118 valence electrons. The lowest BCUT2D eigenvalue weighted by Crippen LogP contribution is -2.24. The van der Waals surface area contributed by atoms with Gasteiger partial charge in [0.05, 0.1) is 23.3 Å². The molecule has 0 aliphatic heterocycles. The average Bonchev–Trinajstić information content (AvgIpc) is 2.57. The highest BCUT2D eigenvalue weighted by atomic mass is 35.5. The molecule has 0 heterocycles. The number of hydrogen-bond donors (Lipinski definition) is 0. The summed E-state index contributed by atoms with van der Waals surface area (Å²) in [5, 5.41) is 9.12. The number of benzene rings is 2. The van der Waals surface area contributed by atoms with Crippen molar-refractivity contribution in [1.82, 2.24) is 0 Å². The molecule has 0 aliphatic rings. The number of nitriles is 1. The maximum absolute atomic E-state index is 12.4. The van der Waals surface area contributed by atoms with Crippen molar-refractivity contribution in [3.05, 3.63) is 58.6 Å². The number of nitrogens with zero attached hydrogens (tertiary/aromatic N) is 1. The van der Waals surface area contributed by atoms with Crippen LogP contribution in [0.4, 0.5) is 0 Å². The summed E-state index contributed by atoms with van der Waals surface area (Å²) >= 11 is 6.05. The highest BCUT2D eigenvalue weighted by Crippen LogP contribution is 2.27. The van der Waals surface area contributed by atoms with Gasteiger partial charge in [0.15, 0.2) is 6.10 Å². The van der Waals surface area contributed by atoms with Gasteiger partial charge in [-0.3, -0.25) is 4.79 Å². The molecule has 0 unspecified atom stereocenters. The number of halogens is 1. The monoisotopic (exact) mass is 329 g/mol. The lowest BCUT2D eigenvalue weighted by atomic mass is 10.1. The zero-order chi connectivity index (χ0) is 16.8. The summed E-state index contributed by atoms with van der Waals surface area (Å²) in [5.74, 6) is 0.929. The van der Waals surface area contributed by atoms with Gasteiger partial charge in [0.2, 0.25) is 5.78 Å². The normalized spacial score (nSPS) is 11.4. The van der Waals surface area contributed by atoms with Gasteiger partial charge in [-0.25, -0.2) is 0 Å². The second kappa shape index (κ2) is 7.66. The second-order valence-corrected chi connectivity index (χ2v) is 5.25. The Morgan fingerprint density at radius 1 is 1.26 bits per heavy atom. The third-order valence-corrected chi connectivity index (χ3v) is 3.48. The van der Waals surface area contributed by atoms with Crippen LogP contribution in [0.1, 0.15) is 29.8 Å². The molecule has 2 aromatic rings. The van der Waals surface area contributed by atoms with E-state index in [9.17, 15) is 4.79 Å². The van der Waals surface area contributed by atoms with Gasteiger partial charge in [-0.05, 0) is 56.3 Å². The molecular formula is C18H16ClNO3. The van der Waals surface area contributed by atoms with E-state index in [-0.39, 0.29) is 5.78 Å². The van der Waals surface area contributed by atoms with Crippen molar-refractivity contribution in [2.24, 2.45) is 0 Å². The van der Waals surface area contributed by atoms with Crippen LogP contribution in [0.25, 0.3) is 0 Å². The Bertz CT molecular complexity index is 735. The first kappa shape index (κ1) is 16.9. The molecule has 2 aromatic carbocycles. The first-order valence-corrected chi connectivity index (χ1v) is 7.56. The Hall–Kier alpha value is -2.51. The number of carbonyl (C=O) groups is 1. The van der Waals surface area contributed by atoms with Gasteiger partial charge in [0.25, 0.3) is 0 Å². The Morgan fingerprint density at radius 3 is 2.52 bits per heavy atom. The molecule has 0 bridgehead atoms. The summed E-state index contributed by atoms with van der Waals surface area (Å²) in [7, 11) is 0. The number of ketones is 1. The van der Waals surface area contributed by atoms with E-state index in [0.717, 1.165) is 0 Å². The number of carbonyl (C=O) groups excluding carboxylic acids is 1. The van der Waals surface area contributed by atoms with Gasteiger partial charge in [0, 0.05) is 5.56 Å². The molecular weight excluding hydrogens is 314 g/mol. The maximum Gasteiger partial charge on any atom is 0.202 e. The van der Waals surface area contributed by atoms with E-state index in [1.165, 1.54) is 6.07 Å². The van der Waals surface area contributed by atoms with Crippen molar-refractivity contribution in [3.63, 3.8) is 0 Å². The Kier molecular flexibility index (Phi) is 5.61. The van der Waals surface area contributed by atoms with Crippen LogP contribution in [0, 0.1) is 11.3 Å². The fourth-order valence-electron chi connectivity index (χ4n) is 2.03. The lowest BCUT2D eigenvalue weighted by molar-refractivity contribution is 0.0818. The number of ether oxygens (including phenoxy) is 2. The highest BCUT2D eigenvalue weighted by molar-refractivity contribution is 6.32. The van der Waals surface area contributed by atoms with Crippen LogP contribution in [0.2, 0.25) is 5.02 Å². The van der Waals surface area contributed by atoms with E-state index in [1.54, 1.807) is 43.3 Å². The van der Waals surface area contributed by atoms with Crippen LogP contribution >= 0.6 is 11.6 Å². The van der Waals surface area contributed by atoms with E-state index >= 15 is 0 Å². The third-order valence-electron chi connectivity index (χ3n) is 3.18. The van der Waals surface area contributed by atoms with Gasteiger partial charge in [-0.15, -0.1) is 0 Å². The first-order chi connectivity index (χ1) is 11.0. The Balaban J connectivity index is 2.09. The van der Waals surface area contributed by atoms with E-state index < -0.39 is 6.10 Å². The van der Waals surface area contributed by atoms with Crippen molar-refractivity contribution in [1.29, 1.82) is 5.26 Å². The van der Waals surface area contributed by atoms with E-state index in [1.807, 2.05) is 13.0 Å². The van der Waals surface area contributed by atoms with Crippen molar-refractivity contribution in [2.45, 2.75) is 20.0 Å². The molecule has 0 saturated carbocycles. The van der Waals surface area contributed by atoms with Crippen LogP contribution in [0.3, 0.4) is 0 Å². The molecule has 0 radical (unpaired) electrons. The zero-order valence-corrected chi connectivity index (χ0v) is 13.6. The quantitative estimate of drug-likeness (QED) is 0.743. The molecule has 2 rings (SSSR count). The van der Waals surface area contributed by atoms with E-state index in [2.05, 4.69) is 0 Å². The fourth-order valence-corrected chi connectivity index (χ4v) is 2.25. The molecule has 0 fully saturated rings. The Labute approximate surface area is 140 Å². The summed E-state index contributed by atoms with van der Waals surface area (Å²) in [6.45, 7) is 4.13. The van der Waals surface area contributed by atoms with Gasteiger partial charge < -0.3 is 9.47 Å². The Morgan fingerprint density at radius 2 is 1.96 bits per heavy atom. The third kappa shape index (κ3) is 4.24. The summed E-state index contributed by atoms with van der Waals surface area (Å²) < 4.78 is 11.0. The van der Waals surface area contributed by atoms with Crippen LogP contribution < -0.4 is 9.47 Å². The van der Waals surface area contributed by atoms with Crippen LogP contribution in [0.15, 0.2) is 42.5 Å². The van der Waals surface area contributed by atoms with Crippen LogP contribution in [-0.4, -0.2) is 18.5 Å². The molecule has 23 heavy (non-hydrogen) atoms. The maximum atomic E-state index is 12.4. The van der Waals surface area contributed by atoms with Crippen molar-refractivity contribution >= 4 is 17.4 Å². The average molecular weight is 330 g/mol. The summed E-state index contributed by atoms with van der Waals surface area (Å²) in [6, 6.07) is 13.6. The largest absolute Gasteiger partial charge is 0.494 e. The van der Waals surface area contributed by atoms with Gasteiger partial charge in [-0.2, -0.15) is 5.26 Å². The second-order valence-electron chi connectivity index (χ2n) is 4.84. The molecule has 4 nitrogen and oxygen atoms in total. The van der Waals surface area contributed by atoms with E-state index in [0.29, 0.717) is 34.3 Å². The minimum absolute atomic E-state index is 0.159. The summed E-state index contributed by atoms with van der Waals surface area (Å²) in [6.07, 6.45) is -0.696. The molecule has 0 saturated heterocycles. The lowest BCUT2D eigenvalue weighted by Gasteiger charge is -2.15. The molecule has 0 spiro atoms. The topological polar surface area (TPSA) is 59.3 Å². The number of hydrogen-bond acceptors (Lipinski definition) is 4. The molecule has 0 N–H and O–H groups in total. The first-order valence-electron chi connectivity index (χ1n) is 7.18. The summed E-state index contributed by atoms with van der Waals surface area (Å²) in [4.78, 5) is 12.4. The zero-order valence-electron chi connectivity index (χ0n) is 12.9. The number of rotatable bonds is 6. The van der Waals surface area contributed by atoms with Crippen molar-refractivity contribution in [3.8, 4) is 17.6 Å². The molecule has 1 atom stereocenters. The molecule has 0 aromatic heterocycles. The minimum atomic E-state index is -0.696. The smallest absolute Gasteiger partial charge is 0.202 e. The predicted octanol–water partition coefficient (Wildman–Crippen LogP) is 4.26. The standard InChI is InChI=1S/C18H16ClNO3/c1-3-22-15-7-5-14(6-8-15)18(21)12(2)23-17-9-4-13(11-20)10-16(17)19/h4-10,12H,3H2,1-2H3/t12-/m1/s1. The number of Topliss-reactive ketones (excluding diaryl/α,β-unsaturated/α-hetero) is 1. The van der Waals surface area contributed by atoms with Crippen molar-refractivity contribution < 1.29 is 14.3 Å². The van der Waals surface area contributed by atoms with E-state index in [4.69, 9.17) is 26.3 Å². The van der Waals surface area contributed by atoms with Crippen LogP contribution in [0.5, 0.6) is 11.5 Å². The SMILES string of the molecule is CCOc1ccc(C(=O)[C@@H](C)Oc2ccc(C#N)cc2Cl)cc1. The minimum Gasteiger partial charge on any atom is -0.494 e. The highest BCUT2D eigenvalue weighted by Gasteiger charge is 2.18. The predicted molar refractivity (Wildman–Crippen MR) is 88.2 cm³/mol. The van der Waals surface area contributed by atoms with Gasteiger partial charge >= 0.3 is 0 Å². The molecule has 0 amide bonds. The fraction of sp³-hybridized carbons (Fsp3) is 0.222. The van der Waals surface area contributed by atoms with Gasteiger partial charge in [0.1, 0.15) is 11.5 Å². The van der Waals surface area contributed by atoms with Crippen molar-refractivity contribution in [2.75, 3.05) is 6.61 Å². The molecule has 5 heteroatoms. The summed E-state index contributed by atoms with van der Waals surface area (Å²) in [5.41, 5.74) is 0.971. The molecule has 0 aliphatic carbocycles. The van der Waals surface area contributed by atoms with Crippen LogP contribution in [-0.2, 0) is 0 Å². The van der Waals surface area contributed by atoms with Gasteiger partial charge in [-0.1, -0.05) is 11.6 Å².